The Labute approximate surface area is 124 Å². The van der Waals surface area contributed by atoms with Crippen molar-refractivity contribution < 1.29 is 4.39 Å². The summed E-state index contributed by atoms with van der Waals surface area (Å²) in [6.07, 6.45) is 3.42. The van der Waals surface area contributed by atoms with E-state index in [1.54, 1.807) is 12.1 Å². The molecule has 1 nitrogen and oxygen atoms in total. The minimum absolute atomic E-state index is 0.172. The van der Waals surface area contributed by atoms with Crippen molar-refractivity contribution in [3.05, 3.63) is 49.5 Å². The Morgan fingerprint density at radius 3 is 3.00 bits per heavy atom. The molecule has 1 aliphatic rings. The van der Waals surface area contributed by atoms with Gasteiger partial charge in [0.25, 0.3) is 0 Å². The molecule has 18 heavy (non-hydrogen) atoms. The minimum Gasteiger partial charge on any atom is -0.376 e. The topological polar surface area (TPSA) is 12.0 Å². The molecule has 0 saturated carbocycles. The van der Waals surface area contributed by atoms with E-state index in [0.717, 1.165) is 6.42 Å². The highest BCUT2D eigenvalue weighted by Crippen LogP contribution is 2.38. The van der Waals surface area contributed by atoms with Gasteiger partial charge in [0, 0.05) is 4.88 Å². The second-order valence-electron chi connectivity index (χ2n) is 4.50. The molecule has 1 aliphatic carbocycles. The van der Waals surface area contributed by atoms with E-state index in [-0.39, 0.29) is 11.9 Å². The molecule has 3 rings (SSSR count). The second-order valence-corrected chi connectivity index (χ2v) is 7.53. The Morgan fingerprint density at radius 2 is 2.17 bits per heavy atom. The fourth-order valence-corrected chi connectivity index (χ4v) is 4.56. The van der Waals surface area contributed by atoms with Gasteiger partial charge in [-0.1, -0.05) is 12.1 Å². The van der Waals surface area contributed by atoms with Gasteiger partial charge >= 0.3 is 0 Å². The zero-order chi connectivity index (χ0) is 12.5. The quantitative estimate of drug-likeness (QED) is 0.732. The van der Waals surface area contributed by atoms with Crippen molar-refractivity contribution in [3.63, 3.8) is 0 Å². The average molecular weight is 373 g/mol. The van der Waals surface area contributed by atoms with Crippen molar-refractivity contribution in [3.8, 4) is 0 Å². The molecule has 0 fully saturated rings. The lowest BCUT2D eigenvalue weighted by atomic mass is 9.94. The molecule has 1 aromatic heterocycles. The van der Waals surface area contributed by atoms with Crippen LogP contribution in [0.3, 0.4) is 0 Å². The van der Waals surface area contributed by atoms with Crippen LogP contribution in [0.15, 0.2) is 30.3 Å². The number of hydrogen-bond acceptors (Lipinski definition) is 2. The lowest BCUT2D eigenvalue weighted by molar-refractivity contribution is 0.592. The van der Waals surface area contributed by atoms with Crippen LogP contribution in [0.4, 0.5) is 10.1 Å². The summed E-state index contributed by atoms with van der Waals surface area (Å²) in [5, 5.41) is 3.35. The summed E-state index contributed by atoms with van der Waals surface area (Å²) in [7, 11) is 0. The van der Waals surface area contributed by atoms with Gasteiger partial charge in [0.2, 0.25) is 0 Å². The van der Waals surface area contributed by atoms with E-state index in [4.69, 9.17) is 0 Å². The molecule has 0 spiro atoms. The van der Waals surface area contributed by atoms with Crippen LogP contribution in [-0.4, -0.2) is 0 Å². The van der Waals surface area contributed by atoms with Crippen molar-refractivity contribution in [1.29, 1.82) is 0 Å². The first kappa shape index (κ1) is 12.4. The van der Waals surface area contributed by atoms with E-state index < -0.39 is 0 Å². The van der Waals surface area contributed by atoms with Gasteiger partial charge in [-0.05, 0) is 65.6 Å². The highest BCUT2D eigenvalue weighted by Gasteiger charge is 2.23. The maximum absolute atomic E-state index is 13.7. The number of rotatable bonds is 2. The van der Waals surface area contributed by atoms with Crippen LogP contribution in [0.2, 0.25) is 0 Å². The van der Waals surface area contributed by atoms with Crippen LogP contribution in [0.1, 0.15) is 29.3 Å². The normalized spacial score (nSPS) is 18.4. The Balaban J connectivity index is 1.88. The smallest absolute Gasteiger partial charge is 0.146 e. The van der Waals surface area contributed by atoms with E-state index in [2.05, 4.69) is 34.0 Å². The number of thiophene rings is 1. The standard InChI is InChI=1S/C14H13FINS/c15-10-4-1-2-5-12(10)17-11-6-3-7-13-9(11)8-14(16)18-13/h1-2,4-5,8,11,17H,3,6-7H2. The maximum Gasteiger partial charge on any atom is 0.146 e. The van der Waals surface area contributed by atoms with Crippen molar-refractivity contribution >= 4 is 39.6 Å². The molecule has 1 atom stereocenters. The summed E-state index contributed by atoms with van der Waals surface area (Å²) in [5.74, 6) is -0.172. The fourth-order valence-electron chi connectivity index (χ4n) is 2.44. The van der Waals surface area contributed by atoms with Crippen molar-refractivity contribution in [2.24, 2.45) is 0 Å². The van der Waals surface area contributed by atoms with Crippen LogP contribution in [0.25, 0.3) is 0 Å². The number of nitrogens with one attached hydrogen (secondary N) is 1. The summed E-state index contributed by atoms with van der Waals surface area (Å²) in [6.45, 7) is 0. The third kappa shape index (κ3) is 2.40. The SMILES string of the molecule is Fc1ccccc1NC1CCCc2sc(I)cc21. The molecule has 0 saturated heterocycles. The average Bonchev–Trinajstić information content (AvgIpc) is 2.73. The summed E-state index contributed by atoms with van der Waals surface area (Å²) in [6, 6.07) is 9.39. The van der Waals surface area contributed by atoms with E-state index in [1.807, 2.05) is 17.4 Å². The zero-order valence-corrected chi connectivity index (χ0v) is 12.7. The van der Waals surface area contributed by atoms with E-state index in [0.29, 0.717) is 5.69 Å². The highest BCUT2D eigenvalue weighted by molar-refractivity contribution is 14.1. The first-order valence-corrected chi connectivity index (χ1v) is 7.93. The predicted molar refractivity (Wildman–Crippen MR) is 82.7 cm³/mol. The second kappa shape index (κ2) is 5.17. The first-order chi connectivity index (χ1) is 8.74. The number of hydrogen-bond donors (Lipinski definition) is 1. The molecular weight excluding hydrogens is 360 g/mol. The molecular formula is C14H13FINS. The van der Waals surface area contributed by atoms with Gasteiger partial charge in [0.05, 0.1) is 14.6 Å². The Bertz CT molecular complexity index is 567. The van der Waals surface area contributed by atoms with Gasteiger partial charge in [-0.25, -0.2) is 4.39 Å². The maximum atomic E-state index is 13.7. The lowest BCUT2D eigenvalue weighted by Crippen LogP contribution is -2.16. The Morgan fingerprint density at radius 1 is 1.33 bits per heavy atom. The molecule has 94 valence electrons. The Kier molecular flexibility index (Phi) is 3.56. The van der Waals surface area contributed by atoms with Gasteiger partial charge in [-0.3, -0.25) is 0 Å². The van der Waals surface area contributed by atoms with Crippen molar-refractivity contribution in [2.75, 3.05) is 5.32 Å². The van der Waals surface area contributed by atoms with Crippen LogP contribution in [0, 0.1) is 8.70 Å². The fraction of sp³-hybridized carbons (Fsp3) is 0.286. The minimum atomic E-state index is -0.172. The summed E-state index contributed by atoms with van der Waals surface area (Å²) in [4.78, 5) is 1.46. The molecule has 0 amide bonds. The summed E-state index contributed by atoms with van der Waals surface area (Å²) in [5.41, 5.74) is 1.97. The van der Waals surface area contributed by atoms with Gasteiger partial charge in [-0.2, -0.15) is 0 Å². The molecule has 1 aromatic carbocycles. The number of fused-ring (bicyclic) bond motifs is 1. The third-order valence-corrected chi connectivity index (χ3v) is 5.26. The molecule has 1 N–H and O–H groups in total. The summed E-state index contributed by atoms with van der Waals surface area (Å²) >= 11 is 4.23. The van der Waals surface area contributed by atoms with Crippen LogP contribution >= 0.6 is 33.9 Å². The van der Waals surface area contributed by atoms with Crippen LogP contribution in [-0.2, 0) is 6.42 Å². The molecule has 0 bridgehead atoms. The number of anilines is 1. The zero-order valence-electron chi connectivity index (χ0n) is 9.75. The third-order valence-electron chi connectivity index (χ3n) is 3.29. The van der Waals surface area contributed by atoms with Crippen LogP contribution in [0.5, 0.6) is 0 Å². The molecule has 0 radical (unpaired) electrons. The van der Waals surface area contributed by atoms with Gasteiger partial charge in [0.1, 0.15) is 5.82 Å². The van der Waals surface area contributed by atoms with Gasteiger partial charge < -0.3 is 5.32 Å². The number of para-hydroxylation sites is 1. The van der Waals surface area contributed by atoms with E-state index in [1.165, 1.54) is 32.2 Å². The first-order valence-electron chi connectivity index (χ1n) is 6.03. The lowest BCUT2D eigenvalue weighted by Gasteiger charge is -2.24. The number of halogens is 2. The van der Waals surface area contributed by atoms with E-state index >= 15 is 0 Å². The van der Waals surface area contributed by atoms with Crippen molar-refractivity contribution in [2.45, 2.75) is 25.3 Å². The van der Waals surface area contributed by atoms with Crippen molar-refractivity contribution in [1.82, 2.24) is 0 Å². The molecule has 4 heteroatoms. The van der Waals surface area contributed by atoms with Crippen LogP contribution < -0.4 is 5.32 Å². The molecule has 0 aliphatic heterocycles. The highest BCUT2D eigenvalue weighted by atomic mass is 127. The van der Waals surface area contributed by atoms with Gasteiger partial charge in [0.15, 0.2) is 0 Å². The number of aryl methyl sites for hydroxylation is 1. The largest absolute Gasteiger partial charge is 0.376 e. The monoisotopic (exact) mass is 373 g/mol. The predicted octanol–water partition coefficient (Wildman–Crippen LogP) is 4.98. The molecule has 2 aromatic rings. The molecule has 1 unspecified atom stereocenters. The Hall–Kier alpha value is -0.620. The molecule has 1 heterocycles. The summed E-state index contributed by atoms with van der Waals surface area (Å²) < 4.78 is 15.0. The number of benzene rings is 1. The van der Waals surface area contributed by atoms with Gasteiger partial charge in [-0.15, -0.1) is 11.3 Å². The van der Waals surface area contributed by atoms with E-state index in [9.17, 15) is 4.39 Å².